The Morgan fingerprint density at radius 3 is 2.58 bits per heavy atom. The molecule has 1 amide bonds. The predicted molar refractivity (Wildman–Crippen MR) is 98.1 cm³/mol. The number of amides is 1. The number of aryl methyl sites for hydroxylation is 1. The Bertz CT molecular complexity index is 880. The van der Waals surface area contributed by atoms with Crippen LogP contribution >= 0.6 is 11.6 Å². The zero-order valence-electron chi connectivity index (χ0n) is 13.1. The maximum atomic E-state index is 12.6. The van der Waals surface area contributed by atoms with Crippen molar-refractivity contribution in [1.29, 1.82) is 0 Å². The summed E-state index contributed by atoms with van der Waals surface area (Å²) in [7, 11) is 0. The normalized spacial score (nSPS) is 10.2. The van der Waals surface area contributed by atoms with Gasteiger partial charge < -0.3 is 10.6 Å². The van der Waals surface area contributed by atoms with E-state index in [2.05, 4.69) is 15.6 Å². The molecule has 120 valence electrons. The Morgan fingerprint density at radius 1 is 1.00 bits per heavy atom. The van der Waals surface area contributed by atoms with Crippen molar-refractivity contribution in [2.24, 2.45) is 0 Å². The number of pyridine rings is 1. The topological polar surface area (TPSA) is 54.0 Å². The molecule has 24 heavy (non-hydrogen) atoms. The SMILES string of the molecule is Cc1cccc(NC(=O)c2cccnc2Nc2cccc(Cl)c2)c1. The van der Waals surface area contributed by atoms with Crippen LogP contribution in [-0.2, 0) is 0 Å². The average Bonchev–Trinajstić information content (AvgIpc) is 2.55. The van der Waals surface area contributed by atoms with Gasteiger partial charge in [-0.05, 0) is 55.0 Å². The first-order valence-electron chi connectivity index (χ1n) is 7.47. The summed E-state index contributed by atoms with van der Waals surface area (Å²) in [6.45, 7) is 1.98. The molecular weight excluding hydrogens is 322 g/mol. The van der Waals surface area contributed by atoms with Crippen LogP contribution in [0.2, 0.25) is 5.02 Å². The zero-order valence-corrected chi connectivity index (χ0v) is 13.8. The van der Waals surface area contributed by atoms with Crippen molar-refractivity contribution in [2.75, 3.05) is 10.6 Å². The summed E-state index contributed by atoms with van der Waals surface area (Å²) in [5, 5.41) is 6.64. The quantitative estimate of drug-likeness (QED) is 0.701. The van der Waals surface area contributed by atoms with Crippen molar-refractivity contribution in [3.63, 3.8) is 0 Å². The molecule has 0 aliphatic heterocycles. The number of nitrogens with zero attached hydrogens (tertiary/aromatic N) is 1. The summed E-state index contributed by atoms with van der Waals surface area (Å²) in [5.41, 5.74) is 3.05. The third kappa shape index (κ3) is 3.91. The van der Waals surface area contributed by atoms with Crippen molar-refractivity contribution in [3.8, 4) is 0 Å². The fourth-order valence-electron chi connectivity index (χ4n) is 2.31. The van der Waals surface area contributed by atoms with Crippen molar-refractivity contribution < 1.29 is 4.79 Å². The number of hydrogen-bond acceptors (Lipinski definition) is 3. The number of anilines is 3. The summed E-state index contributed by atoms with van der Waals surface area (Å²) in [5.74, 6) is 0.253. The van der Waals surface area contributed by atoms with Gasteiger partial charge in [-0.3, -0.25) is 4.79 Å². The van der Waals surface area contributed by atoms with E-state index >= 15 is 0 Å². The number of carbonyl (C=O) groups excluding carboxylic acids is 1. The number of carbonyl (C=O) groups is 1. The van der Waals surface area contributed by atoms with E-state index < -0.39 is 0 Å². The van der Waals surface area contributed by atoms with Crippen LogP contribution in [0.1, 0.15) is 15.9 Å². The largest absolute Gasteiger partial charge is 0.340 e. The lowest BCUT2D eigenvalue weighted by Crippen LogP contribution is -2.14. The summed E-state index contributed by atoms with van der Waals surface area (Å²) in [4.78, 5) is 16.9. The molecule has 3 rings (SSSR count). The lowest BCUT2D eigenvalue weighted by molar-refractivity contribution is 0.102. The van der Waals surface area contributed by atoms with Gasteiger partial charge in [0, 0.05) is 22.6 Å². The van der Waals surface area contributed by atoms with E-state index in [1.165, 1.54) is 0 Å². The highest BCUT2D eigenvalue weighted by atomic mass is 35.5. The Hall–Kier alpha value is -2.85. The van der Waals surface area contributed by atoms with Crippen LogP contribution in [0, 0.1) is 6.92 Å². The highest BCUT2D eigenvalue weighted by molar-refractivity contribution is 6.30. The molecule has 0 aliphatic carbocycles. The minimum atomic E-state index is -0.224. The molecule has 2 aromatic carbocycles. The number of rotatable bonds is 4. The summed E-state index contributed by atoms with van der Waals surface area (Å²) < 4.78 is 0. The first-order chi connectivity index (χ1) is 11.6. The highest BCUT2D eigenvalue weighted by Gasteiger charge is 2.13. The molecule has 0 radical (unpaired) electrons. The number of nitrogens with one attached hydrogen (secondary N) is 2. The van der Waals surface area contributed by atoms with Gasteiger partial charge in [0.2, 0.25) is 0 Å². The smallest absolute Gasteiger partial charge is 0.259 e. The Kier molecular flexibility index (Phi) is 4.77. The van der Waals surface area contributed by atoms with Crippen molar-refractivity contribution in [1.82, 2.24) is 4.98 Å². The van der Waals surface area contributed by atoms with Crippen LogP contribution in [0.25, 0.3) is 0 Å². The number of benzene rings is 2. The van der Waals surface area contributed by atoms with Gasteiger partial charge in [0.25, 0.3) is 5.91 Å². The average molecular weight is 338 g/mol. The van der Waals surface area contributed by atoms with Gasteiger partial charge in [-0.25, -0.2) is 4.98 Å². The van der Waals surface area contributed by atoms with Crippen LogP contribution in [0.3, 0.4) is 0 Å². The summed E-state index contributed by atoms with van der Waals surface area (Å²) in [6.07, 6.45) is 1.64. The maximum Gasteiger partial charge on any atom is 0.259 e. The lowest BCUT2D eigenvalue weighted by atomic mass is 10.2. The van der Waals surface area contributed by atoms with Gasteiger partial charge in [0.1, 0.15) is 5.82 Å². The van der Waals surface area contributed by atoms with E-state index in [1.54, 1.807) is 30.5 Å². The predicted octanol–water partition coefficient (Wildman–Crippen LogP) is 5.04. The van der Waals surface area contributed by atoms with Gasteiger partial charge in [-0.15, -0.1) is 0 Å². The standard InChI is InChI=1S/C19H16ClN3O/c1-13-5-2-7-15(11-13)23-19(24)17-9-4-10-21-18(17)22-16-8-3-6-14(20)12-16/h2-12H,1H3,(H,21,22)(H,23,24). The first-order valence-corrected chi connectivity index (χ1v) is 7.85. The molecule has 5 heteroatoms. The van der Waals surface area contributed by atoms with E-state index in [9.17, 15) is 4.79 Å². The Balaban J connectivity index is 1.84. The molecule has 0 atom stereocenters. The molecule has 0 saturated heterocycles. The molecule has 0 fully saturated rings. The summed E-state index contributed by atoms with van der Waals surface area (Å²) in [6, 6.07) is 18.4. The molecule has 1 aromatic heterocycles. The van der Waals surface area contributed by atoms with E-state index in [-0.39, 0.29) is 5.91 Å². The third-order valence-electron chi connectivity index (χ3n) is 3.42. The van der Waals surface area contributed by atoms with Crippen molar-refractivity contribution in [2.45, 2.75) is 6.92 Å². The molecular formula is C19H16ClN3O. The zero-order chi connectivity index (χ0) is 16.9. The Morgan fingerprint density at radius 2 is 1.79 bits per heavy atom. The van der Waals surface area contributed by atoms with Gasteiger partial charge in [-0.1, -0.05) is 29.8 Å². The molecule has 4 nitrogen and oxygen atoms in total. The monoisotopic (exact) mass is 337 g/mol. The van der Waals surface area contributed by atoms with Gasteiger partial charge >= 0.3 is 0 Å². The second-order valence-corrected chi connectivity index (χ2v) is 5.79. The Labute approximate surface area is 145 Å². The lowest BCUT2D eigenvalue weighted by Gasteiger charge is -2.11. The van der Waals surface area contributed by atoms with Crippen LogP contribution in [0.4, 0.5) is 17.2 Å². The molecule has 0 unspecified atom stereocenters. The van der Waals surface area contributed by atoms with Crippen molar-refractivity contribution >= 4 is 34.7 Å². The van der Waals surface area contributed by atoms with Crippen LogP contribution in [-0.4, -0.2) is 10.9 Å². The molecule has 0 aliphatic rings. The van der Waals surface area contributed by atoms with E-state index in [0.29, 0.717) is 16.4 Å². The van der Waals surface area contributed by atoms with Gasteiger partial charge in [0.05, 0.1) is 5.56 Å². The molecule has 0 bridgehead atoms. The molecule has 0 saturated carbocycles. The minimum Gasteiger partial charge on any atom is -0.340 e. The van der Waals surface area contributed by atoms with E-state index in [0.717, 1.165) is 16.9 Å². The van der Waals surface area contributed by atoms with Crippen LogP contribution in [0.5, 0.6) is 0 Å². The molecule has 3 aromatic rings. The minimum absolute atomic E-state index is 0.224. The second-order valence-electron chi connectivity index (χ2n) is 5.36. The second kappa shape index (κ2) is 7.15. The number of hydrogen-bond donors (Lipinski definition) is 2. The van der Waals surface area contributed by atoms with Crippen molar-refractivity contribution in [3.05, 3.63) is 83.0 Å². The third-order valence-corrected chi connectivity index (χ3v) is 3.65. The highest BCUT2D eigenvalue weighted by Crippen LogP contribution is 2.22. The maximum absolute atomic E-state index is 12.6. The van der Waals surface area contributed by atoms with Crippen LogP contribution in [0.15, 0.2) is 66.9 Å². The first kappa shape index (κ1) is 16.0. The fraction of sp³-hybridized carbons (Fsp3) is 0.0526. The number of aromatic nitrogens is 1. The summed E-state index contributed by atoms with van der Waals surface area (Å²) >= 11 is 6.00. The van der Waals surface area contributed by atoms with E-state index in [4.69, 9.17) is 11.6 Å². The van der Waals surface area contributed by atoms with Gasteiger partial charge in [0.15, 0.2) is 0 Å². The molecule has 0 spiro atoms. The molecule has 1 heterocycles. The van der Waals surface area contributed by atoms with E-state index in [1.807, 2.05) is 43.3 Å². The fourth-order valence-corrected chi connectivity index (χ4v) is 2.50. The number of halogens is 1. The van der Waals surface area contributed by atoms with Crippen LogP contribution < -0.4 is 10.6 Å². The molecule has 2 N–H and O–H groups in total. The van der Waals surface area contributed by atoms with Gasteiger partial charge in [-0.2, -0.15) is 0 Å².